The van der Waals surface area contributed by atoms with Crippen LogP contribution in [0.3, 0.4) is 0 Å². The minimum Gasteiger partial charge on any atom is -0.318 e. The van der Waals surface area contributed by atoms with Crippen molar-refractivity contribution < 1.29 is 4.79 Å². The molecule has 1 aromatic heterocycles. The van der Waals surface area contributed by atoms with E-state index in [1.165, 1.54) is 5.56 Å². The van der Waals surface area contributed by atoms with Gasteiger partial charge in [-0.15, -0.1) is 0 Å². The lowest BCUT2D eigenvalue weighted by Crippen LogP contribution is -2.37. The van der Waals surface area contributed by atoms with Crippen LogP contribution in [-0.4, -0.2) is 15.5 Å². The molecule has 2 amide bonds. The molecule has 0 saturated carbocycles. The maximum Gasteiger partial charge on any atom is 0.322 e. The Morgan fingerprint density at radius 3 is 2.50 bits per heavy atom. The van der Waals surface area contributed by atoms with E-state index in [-0.39, 0.29) is 12.1 Å². The number of aryl methyl sites for hydroxylation is 1. The first-order valence-corrected chi connectivity index (χ1v) is 12.0. The molecule has 0 bridgehead atoms. The molecule has 1 aliphatic heterocycles. The Kier molecular flexibility index (Phi) is 5.93. The molecule has 0 saturated heterocycles. The summed E-state index contributed by atoms with van der Waals surface area (Å²) in [6, 6.07) is 26.2. The van der Waals surface area contributed by atoms with Crippen molar-refractivity contribution in [3.8, 4) is 5.69 Å². The van der Waals surface area contributed by atoms with Gasteiger partial charge in [0.25, 0.3) is 0 Å². The number of amides is 2. The number of urea groups is 1. The van der Waals surface area contributed by atoms with Crippen molar-refractivity contribution in [2.45, 2.75) is 39.3 Å². The third-order valence-corrected chi connectivity index (χ3v) is 6.97. The lowest BCUT2D eigenvalue weighted by atomic mass is 9.97. The number of nitrogens with zero attached hydrogens (tertiary/aromatic N) is 2. The minimum absolute atomic E-state index is 0.165. The maximum atomic E-state index is 13.8. The summed E-state index contributed by atoms with van der Waals surface area (Å²) in [5, 5.41) is 3.72. The van der Waals surface area contributed by atoms with Crippen LogP contribution in [0.15, 0.2) is 85.1 Å². The number of rotatable bonds is 3. The molecular weight excluding hydrogens is 442 g/mol. The fourth-order valence-electron chi connectivity index (χ4n) is 4.62. The molecule has 0 fully saturated rings. The Morgan fingerprint density at radius 2 is 1.76 bits per heavy atom. The van der Waals surface area contributed by atoms with Gasteiger partial charge in [0.15, 0.2) is 0 Å². The van der Waals surface area contributed by atoms with Gasteiger partial charge in [-0.3, -0.25) is 0 Å². The van der Waals surface area contributed by atoms with Crippen molar-refractivity contribution in [3.05, 3.63) is 118 Å². The Balaban J connectivity index is 1.60. The number of carbonyl (C=O) groups is 1. The van der Waals surface area contributed by atoms with Gasteiger partial charge in [0.1, 0.15) is 0 Å². The molecule has 34 heavy (non-hydrogen) atoms. The molecule has 172 valence electrons. The zero-order valence-corrected chi connectivity index (χ0v) is 20.4. The standard InChI is InChI=1S/C29H28ClN3O/c1-19(2)21-11-13-22(14-12-21)28-27-9-6-16-32(27)26-8-5-4-7-23(26)18-33(28)29(34)31-24-15-10-20(3)25(30)17-24/h4-17,19,28H,18H2,1-3H3,(H,31,34). The van der Waals surface area contributed by atoms with E-state index in [2.05, 4.69) is 72.4 Å². The van der Waals surface area contributed by atoms with E-state index in [0.717, 1.165) is 28.1 Å². The second-order valence-electron chi connectivity index (χ2n) is 9.18. The van der Waals surface area contributed by atoms with Crippen LogP contribution in [0.5, 0.6) is 0 Å². The lowest BCUT2D eigenvalue weighted by Gasteiger charge is -2.31. The maximum absolute atomic E-state index is 13.8. The molecule has 2 heterocycles. The third kappa shape index (κ3) is 4.10. The van der Waals surface area contributed by atoms with Crippen LogP contribution >= 0.6 is 11.6 Å². The molecule has 4 nitrogen and oxygen atoms in total. The highest BCUT2D eigenvalue weighted by molar-refractivity contribution is 6.31. The molecular formula is C29H28ClN3O. The summed E-state index contributed by atoms with van der Waals surface area (Å²) >= 11 is 6.33. The third-order valence-electron chi connectivity index (χ3n) is 6.57. The first-order chi connectivity index (χ1) is 16.4. The lowest BCUT2D eigenvalue weighted by molar-refractivity contribution is 0.194. The number of para-hydroxylation sites is 1. The number of halogens is 1. The number of hydrogen-bond donors (Lipinski definition) is 1. The predicted molar refractivity (Wildman–Crippen MR) is 139 cm³/mol. The number of anilines is 1. The van der Waals surface area contributed by atoms with E-state index in [4.69, 9.17) is 11.6 Å². The summed E-state index contributed by atoms with van der Waals surface area (Å²) in [4.78, 5) is 15.7. The van der Waals surface area contributed by atoms with Gasteiger partial charge < -0.3 is 14.8 Å². The molecule has 1 N–H and O–H groups in total. The smallest absolute Gasteiger partial charge is 0.318 e. The zero-order valence-electron chi connectivity index (χ0n) is 19.6. The molecule has 0 aliphatic carbocycles. The Hall–Kier alpha value is -3.50. The number of carbonyl (C=O) groups excluding carboxylic acids is 1. The topological polar surface area (TPSA) is 37.3 Å². The van der Waals surface area contributed by atoms with Gasteiger partial charge in [0.2, 0.25) is 0 Å². The molecule has 4 aromatic rings. The summed E-state index contributed by atoms with van der Waals surface area (Å²) < 4.78 is 2.20. The summed E-state index contributed by atoms with van der Waals surface area (Å²) in [5.74, 6) is 0.446. The number of hydrogen-bond acceptors (Lipinski definition) is 1. The van der Waals surface area contributed by atoms with Gasteiger partial charge in [-0.05, 0) is 65.4 Å². The average Bonchev–Trinajstić information content (AvgIpc) is 3.26. The number of benzene rings is 3. The number of aromatic nitrogens is 1. The summed E-state index contributed by atoms with van der Waals surface area (Å²) in [5.41, 5.74) is 7.26. The van der Waals surface area contributed by atoms with Crippen molar-refractivity contribution in [1.82, 2.24) is 9.47 Å². The van der Waals surface area contributed by atoms with Gasteiger partial charge >= 0.3 is 6.03 Å². The fourth-order valence-corrected chi connectivity index (χ4v) is 4.80. The highest BCUT2D eigenvalue weighted by Crippen LogP contribution is 2.37. The van der Waals surface area contributed by atoms with E-state index in [1.54, 1.807) is 6.07 Å². The normalized spacial score (nSPS) is 15.0. The summed E-state index contributed by atoms with van der Waals surface area (Å²) in [7, 11) is 0. The zero-order chi connectivity index (χ0) is 23.8. The van der Waals surface area contributed by atoms with Crippen LogP contribution in [0.1, 0.15) is 53.8 Å². The van der Waals surface area contributed by atoms with Crippen LogP contribution in [-0.2, 0) is 6.54 Å². The van der Waals surface area contributed by atoms with E-state index in [0.29, 0.717) is 23.2 Å². The van der Waals surface area contributed by atoms with E-state index < -0.39 is 0 Å². The molecule has 1 aliphatic rings. The van der Waals surface area contributed by atoms with Gasteiger partial charge in [-0.1, -0.05) is 74.0 Å². The van der Waals surface area contributed by atoms with Gasteiger partial charge in [0, 0.05) is 22.6 Å². The van der Waals surface area contributed by atoms with Crippen LogP contribution in [0.2, 0.25) is 5.02 Å². The molecule has 1 unspecified atom stereocenters. The van der Waals surface area contributed by atoms with Gasteiger partial charge in [-0.25, -0.2) is 4.79 Å². The van der Waals surface area contributed by atoms with Crippen LogP contribution in [0.4, 0.5) is 10.5 Å². The monoisotopic (exact) mass is 469 g/mol. The molecule has 5 heteroatoms. The van der Waals surface area contributed by atoms with Crippen molar-refractivity contribution in [2.75, 3.05) is 5.32 Å². The van der Waals surface area contributed by atoms with Crippen LogP contribution < -0.4 is 5.32 Å². The SMILES string of the molecule is Cc1ccc(NC(=O)N2Cc3ccccc3-n3cccc3C2c2ccc(C(C)C)cc2)cc1Cl. The Morgan fingerprint density at radius 1 is 1.00 bits per heavy atom. The second kappa shape index (κ2) is 9.03. The van der Waals surface area contributed by atoms with E-state index >= 15 is 0 Å². The van der Waals surface area contributed by atoms with Crippen molar-refractivity contribution >= 4 is 23.3 Å². The number of fused-ring (bicyclic) bond motifs is 3. The van der Waals surface area contributed by atoms with E-state index in [9.17, 15) is 4.79 Å². The first-order valence-electron chi connectivity index (χ1n) is 11.6. The Bertz CT molecular complexity index is 1340. The first kappa shape index (κ1) is 22.3. The number of nitrogens with one attached hydrogen (secondary N) is 1. The van der Waals surface area contributed by atoms with Gasteiger partial charge in [0.05, 0.1) is 18.3 Å². The van der Waals surface area contributed by atoms with Crippen molar-refractivity contribution in [3.63, 3.8) is 0 Å². The average molecular weight is 470 g/mol. The van der Waals surface area contributed by atoms with Crippen molar-refractivity contribution in [1.29, 1.82) is 0 Å². The van der Waals surface area contributed by atoms with Crippen LogP contribution in [0, 0.1) is 6.92 Å². The molecule has 0 radical (unpaired) electrons. The largest absolute Gasteiger partial charge is 0.322 e. The van der Waals surface area contributed by atoms with Crippen LogP contribution in [0.25, 0.3) is 5.69 Å². The second-order valence-corrected chi connectivity index (χ2v) is 9.58. The molecule has 0 spiro atoms. The van der Waals surface area contributed by atoms with E-state index in [1.807, 2.05) is 42.2 Å². The highest BCUT2D eigenvalue weighted by atomic mass is 35.5. The highest BCUT2D eigenvalue weighted by Gasteiger charge is 2.33. The summed E-state index contributed by atoms with van der Waals surface area (Å²) in [6.45, 7) is 6.81. The molecule has 5 rings (SSSR count). The summed E-state index contributed by atoms with van der Waals surface area (Å²) in [6.07, 6.45) is 2.07. The van der Waals surface area contributed by atoms with Gasteiger partial charge in [-0.2, -0.15) is 0 Å². The Labute approximate surface area is 205 Å². The quantitative estimate of drug-likeness (QED) is 0.328. The minimum atomic E-state index is -0.246. The predicted octanol–water partition coefficient (Wildman–Crippen LogP) is 7.70. The van der Waals surface area contributed by atoms with Crippen molar-refractivity contribution in [2.24, 2.45) is 0 Å². The fraction of sp³-hybridized carbons (Fsp3) is 0.207. The molecule has 1 atom stereocenters. The molecule has 3 aromatic carbocycles.